The van der Waals surface area contributed by atoms with Crippen LogP contribution in [0, 0.1) is 0 Å². The summed E-state index contributed by atoms with van der Waals surface area (Å²) in [7, 11) is 2.40. The Morgan fingerprint density at radius 1 is 1.00 bits per heavy atom. The molecule has 102 valence electrons. The van der Waals surface area contributed by atoms with Crippen LogP contribution in [0.4, 0.5) is 0 Å². The number of Topliss-reactive ketones (excluding diaryl/α,β-unsaturated/α-hetero) is 1. The lowest BCUT2D eigenvalue weighted by Gasteiger charge is -2.15. The third-order valence-electron chi connectivity index (χ3n) is 2.17. The van der Waals surface area contributed by atoms with E-state index in [2.05, 4.69) is 14.8 Å². The Labute approximate surface area is 105 Å². The van der Waals surface area contributed by atoms with Crippen LogP contribution < -0.4 is 5.32 Å². The molecule has 1 unspecified atom stereocenters. The van der Waals surface area contributed by atoms with Crippen molar-refractivity contribution in [2.75, 3.05) is 14.2 Å². The molecule has 1 amide bonds. The second-order valence-corrected chi connectivity index (χ2v) is 3.58. The summed E-state index contributed by atoms with van der Waals surface area (Å²) in [4.78, 5) is 44.6. The number of nitrogens with one attached hydrogen (secondary N) is 1. The van der Waals surface area contributed by atoms with E-state index >= 15 is 0 Å². The molecule has 0 aromatic heterocycles. The zero-order chi connectivity index (χ0) is 14.1. The van der Waals surface area contributed by atoms with Crippen molar-refractivity contribution in [3.8, 4) is 0 Å². The number of hydrogen-bond donors (Lipinski definition) is 1. The van der Waals surface area contributed by atoms with Crippen LogP contribution in [-0.4, -0.2) is 43.9 Å². The highest BCUT2D eigenvalue weighted by Gasteiger charge is 2.23. The van der Waals surface area contributed by atoms with Crippen molar-refractivity contribution in [1.82, 2.24) is 5.32 Å². The number of carbonyl (C=O) groups is 4. The lowest BCUT2D eigenvalue weighted by Crippen LogP contribution is -2.41. The number of ether oxygens (including phenoxy) is 2. The van der Waals surface area contributed by atoms with Crippen molar-refractivity contribution in [2.24, 2.45) is 0 Å². The fourth-order valence-corrected chi connectivity index (χ4v) is 1.24. The van der Waals surface area contributed by atoms with E-state index in [0.29, 0.717) is 0 Å². The Morgan fingerprint density at radius 3 is 2.00 bits per heavy atom. The van der Waals surface area contributed by atoms with E-state index in [-0.39, 0.29) is 19.3 Å². The van der Waals surface area contributed by atoms with Crippen LogP contribution in [0.1, 0.15) is 26.2 Å². The molecular weight excluding hydrogens is 242 g/mol. The van der Waals surface area contributed by atoms with Gasteiger partial charge in [-0.05, 0) is 0 Å². The van der Waals surface area contributed by atoms with E-state index in [1.165, 1.54) is 21.1 Å². The summed E-state index contributed by atoms with van der Waals surface area (Å²) in [5, 5.41) is 2.35. The van der Waals surface area contributed by atoms with Gasteiger partial charge < -0.3 is 14.8 Å². The van der Waals surface area contributed by atoms with Gasteiger partial charge in [-0.2, -0.15) is 0 Å². The molecule has 7 nitrogen and oxygen atoms in total. The minimum absolute atomic E-state index is 0.0907. The third-order valence-corrected chi connectivity index (χ3v) is 2.17. The van der Waals surface area contributed by atoms with Crippen LogP contribution >= 0.6 is 0 Å². The molecule has 0 saturated heterocycles. The molecule has 0 aromatic carbocycles. The Hall–Kier alpha value is -1.92. The molecule has 0 saturated carbocycles. The van der Waals surface area contributed by atoms with Crippen molar-refractivity contribution in [3.05, 3.63) is 0 Å². The van der Waals surface area contributed by atoms with Gasteiger partial charge in [-0.15, -0.1) is 0 Å². The van der Waals surface area contributed by atoms with Crippen molar-refractivity contribution in [2.45, 2.75) is 32.2 Å². The topological polar surface area (TPSA) is 98.8 Å². The molecule has 0 rings (SSSR count). The van der Waals surface area contributed by atoms with E-state index in [1.807, 2.05) is 0 Å². The second kappa shape index (κ2) is 8.21. The standard InChI is InChI=1S/C11H17NO6/c1-7(13)12-8(6-11(16)18-3)9(14)4-5-10(15)17-2/h8H,4-6H2,1-3H3,(H,12,13). The Morgan fingerprint density at radius 2 is 1.56 bits per heavy atom. The van der Waals surface area contributed by atoms with Gasteiger partial charge in [-0.1, -0.05) is 0 Å². The van der Waals surface area contributed by atoms with Crippen LogP contribution in [0.15, 0.2) is 0 Å². The van der Waals surface area contributed by atoms with Gasteiger partial charge in [0.1, 0.15) is 0 Å². The summed E-state index contributed by atoms with van der Waals surface area (Å²) in [5.74, 6) is -1.99. The van der Waals surface area contributed by atoms with Gasteiger partial charge in [0, 0.05) is 13.3 Å². The van der Waals surface area contributed by atoms with E-state index in [9.17, 15) is 19.2 Å². The molecule has 0 aliphatic rings. The van der Waals surface area contributed by atoms with E-state index < -0.39 is 29.7 Å². The zero-order valence-electron chi connectivity index (χ0n) is 10.6. The van der Waals surface area contributed by atoms with Crippen molar-refractivity contribution in [1.29, 1.82) is 0 Å². The van der Waals surface area contributed by atoms with Crippen molar-refractivity contribution < 1.29 is 28.7 Å². The van der Waals surface area contributed by atoms with Gasteiger partial charge >= 0.3 is 11.9 Å². The van der Waals surface area contributed by atoms with Gasteiger partial charge in [0.2, 0.25) is 5.91 Å². The van der Waals surface area contributed by atoms with Gasteiger partial charge in [0.15, 0.2) is 5.78 Å². The van der Waals surface area contributed by atoms with Gasteiger partial charge in [0.25, 0.3) is 0 Å². The van der Waals surface area contributed by atoms with Crippen LogP contribution in [0.5, 0.6) is 0 Å². The molecule has 0 aromatic rings. The molecule has 0 fully saturated rings. The minimum Gasteiger partial charge on any atom is -0.469 e. The SMILES string of the molecule is COC(=O)CCC(=O)C(CC(=O)OC)NC(C)=O. The smallest absolute Gasteiger partial charge is 0.308 e. The van der Waals surface area contributed by atoms with Crippen LogP contribution in [-0.2, 0) is 28.7 Å². The largest absolute Gasteiger partial charge is 0.469 e. The Kier molecular flexibility index (Phi) is 7.34. The van der Waals surface area contributed by atoms with Crippen LogP contribution in [0.25, 0.3) is 0 Å². The molecule has 0 aliphatic heterocycles. The maximum absolute atomic E-state index is 11.7. The highest BCUT2D eigenvalue weighted by molar-refractivity contribution is 5.93. The molecule has 18 heavy (non-hydrogen) atoms. The van der Waals surface area contributed by atoms with Gasteiger partial charge in [-0.25, -0.2) is 0 Å². The number of rotatable bonds is 7. The second-order valence-electron chi connectivity index (χ2n) is 3.58. The number of carbonyl (C=O) groups excluding carboxylic acids is 4. The summed E-state index contributed by atoms with van der Waals surface area (Å²) < 4.78 is 8.82. The van der Waals surface area contributed by atoms with Gasteiger partial charge in [-0.3, -0.25) is 19.2 Å². The molecule has 7 heteroatoms. The molecular formula is C11H17NO6. The molecule has 0 bridgehead atoms. The highest BCUT2D eigenvalue weighted by Crippen LogP contribution is 2.03. The normalized spacial score (nSPS) is 11.3. The average Bonchev–Trinajstić information content (AvgIpc) is 2.33. The minimum atomic E-state index is -0.973. The molecule has 1 N–H and O–H groups in total. The lowest BCUT2D eigenvalue weighted by atomic mass is 10.0. The van der Waals surface area contributed by atoms with E-state index in [1.54, 1.807) is 0 Å². The maximum atomic E-state index is 11.7. The van der Waals surface area contributed by atoms with E-state index in [0.717, 1.165) is 0 Å². The zero-order valence-corrected chi connectivity index (χ0v) is 10.6. The molecule has 1 atom stereocenters. The van der Waals surface area contributed by atoms with E-state index in [4.69, 9.17) is 0 Å². The van der Waals surface area contributed by atoms with Crippen molar-refractivity contribution >= 4 is 23.6 Å². The number of methoxy groups -OCH3 is 2. The number of ketones is 1. The summed E-state index contributed by atoms with van der Waals surface area (Å²) in [5.41, 5.74) is 0. The van der Waals surface area contributed by atoms with Crippen molar-refractivity contribution in [3.63, 3.8) is 0 Å². The first-order chi connectivity index (χ1) is 8.40. The van der Waals surface area contributed by atoms with Crippen LogP contribution in [0.2, 0.25) is 0 Å². The summed E-state index contributed by atoms with van der Waals surface area (Å²) in [6.07, 6.45) is -0.447. The first kappa shape index (κ1) is 16.1. The lowest BCUT2D eigenvalue weighted by molar-refractivity contribution is -0.143. The summed E-state index contributed by atoms with van der Waals surface area (Å²) in [6, 6.07) is -0.973. The Balaban J connectivity index is 4.44. The molecule has 0 spiro atoms. The number of amides is 1. The molecule has 0 heterocycles. The predicted molar refractivity (Wildman–Crippen MR) is 60.5 cm³/mol. The summed E-state index contributed by atoms with van der Waals surface area (Å²) in [6.45, 7) is 1.23. The highest BCUT2D eigenvalue weighted by atomic mass is 16.5. The first-order valence-corrected chi connectivity index (χ1v) is 5.34. The Bertz CT molecular complexity index is 338. The molecule has 0 aliphatic carbocycles. The fourth-order valence-electron chi connectivity index (χ4n) is 1.24. The van der Waals surface area contributed by atoms with Crippen LogP contribution in [0.3, 0.4) is 0 Å². The summed E-state index contributed by atoms with van der Waals surface area (Å²) >= 11 is 0. The van der Waals surface area contributed by atoms with Gasteiger partial charge in [0.05, 0.1) is 33.1 Å². The quantitative estimate of drug-likeness (QED) is 0.623. The first-order valence-electron chi connectivity index (χ1n) is 5.34. The number of hydrogen-bond acceptors (Lipinski definition) is 6. The average molecular weight is 259 g/mol. The monoisotopic (exact) mass is 259 g/mol. The predicted octanol–water partition coefficient (Wildman–Crippen LogP) is -0.423. The number of esters is 2. The fraction of sp³-hybridized carbons (Fsp3) is 0.636. The molecule has 0 radical (unpaired) electrons. The maximum Gasteiger partial charge on any atom is 0.308 e. The third kappa shape index (κ3) is 6.62.